The monoisotopic (exact) mass is 331 g/mol. The second-order valence-corrected chi connectivity index (χ2v) is 7.30. The van der Waals surface area contributed by atoms with Crippen LogP contribution in [0.2, 0.25) is 5.02 Å². The smallest absolute Gasteiger partial charge is 0.307 e. The summed E-state index contributed by atoms with van der Waals surface area (Å²) >= 11 is 6.10. The molecule has 2 bridgehead atoms. The third kappa shape index (κ3) is 2.19. The summed E-state index contributed by atoms with van der Waals surface area (Å²) < 4.78 is 0. The summed E-state index contributed by atoms with van der Waals surface area (Å²) in [6, 6.07) is 5.35. The topological polar surface area (TPSA) is 66.4 Å². The number of hydrogen-bond donors (Lipinski definition) is 2. The highest BCUT2D eigenvalue weighted by atomic mass is 35.5. The van der Waals surface area contributed by atoms with Crippen LogP contribution in [0.4, 0.5) is 5.69 Å². The van der Waals surface area contributed by atoms with Gasteiger partial charge in [-0.15, -0.1) is 0 Å². The van der Waals surface area contributed by atoms with Gasteiger partial charge in [-0.25, -0.2) is 0 Å². The summed E-state index contributed by atoms with van der Waals surface area (Å²) in [5.74, 6) is -1.19. The fourth-order valence-corrected chi connectivity index (χ4v) is 4.70. The fourth-order valence-electron chi connectivity index (χ4n) is 4.53. The van der Waals surface area contributed by atoms with Gasteiger partial charge in [0.25, 0.3) is 0 Å². The molecule has 120 valence electrons. The van der Waals surface area contributed by atoms with Gasteiger partial charge in [-0.1, -0.05) is 29.8 Å². The Morgan fingerprint density at radius 1 is 1.17 bits per heavy atom. The lowest BCUT2D eigenvalue weighted by Gasteiger charge is -2.41. The van der Waals surface area contributed by atoms with E-state index in [2.05, 4.69) is 11.4 Å². The molecule has 5 heteroatoms. The van der Waals surface area contributed by atoms with Crippen LogP contribution >= 0.6 is 11.6 Å². The molecule has 4 aliphatic carbocycles. The molecule has 1 aromatic carbocycles. The fraction of sp³-hybridized carbons (Fsp3) is 0.444. The van der Waals surface area contributed by atoms with E-state index in [0.29, 0.717) is 22.5 Å². The van der Waals surface area contributed by atoms with E-state index < -0.39 is 17.8 Å². The summed E-state index contributed by atoms with van der Waals surface area (Å²) in [6.45, 7) is 1.84. The second kappa shape index (κ2) is 5.10. The van der Waals surface area contributed by atoms with Gasteiger partial charge in [-0.05, 0) is 54.7 Å². The molecule has 0 aliphatic heterocycles. The Labute approximate surface area is 139 Å². The molecule has 2 fully saturated rings. The summed E-state index contributed by atoms with van der Waals surface area (Å²) in [5, 5.41) is 13.1. The first-order valence-electron chi connectivity index (χ1n) is 7.96. The molecule has 0 aromatic heterocycles. The van der Waals surface area contributed by atoms with Crippen LogP contribution in [0.1, 0.15) is 12.0 Å². The van der Waals surface area contributed by atoms with E-state index in [0.717, 1.165) is 12.0 Å². The lowest BCUT2D eigenvalue weighted by Crippen LogP contribution is -2.48. The number of benzene rings is 1. The first kappa shape index (κ1) is 14.8. The van der Waals surface area contributed by atoms with Gasteiger partial charge in [-0.2, -0.15) is 0 Å². The van der Waals surface area contributed by atoms with Gasteiger partial charge in [0, 0.05) is 10.7 Å². The molecule has 0 heterocycles. The van der Waals surface area contributed by atoms with Crippen molar-refractivity contribution in [3.8, 4) is 0 Å². The SMILES string of the molecule is Cc1c(Cl)cccc1NC(=O)[C@@H]1[C@H]2C=C[C@@H]([C@@H]3C[C@H]23)[C@H]1C(=O)O. The molecule has 0 unspecified atom stereocenters. The number of halogens is 1. The van der Waals surface area contributed by atoms with Crippen LogP contribution in [0.25, 0.3) is 0 Å². The minimum Gasteiger partial charge on any atom is -0.481 e. The quantitative estimate of drug-likeness (QED) is 0.835. The average Bonchev–Trinajstić information content (AvgIpc) is 3.33. The van der Waals surface area contributed by atoms with Crippen molar-refractivity contribution in [3.63, 3.8) is 0 Å². The number of carbonyl (C=O) groups excluding carboxylic acids is 1. The van der Waals surface area contributed by atoms with Crippen molar-refractivity contribution in [3.05, 3.63) is 40.9 Å². The summed E-state index contributed by atoms with van der Waals surface area (Å²) in [4.78, 5) is 24.6. The molecule has 1 amide bonds. The van der Waals surface area contributed by atoms with Crippen molar-refractivity contribution in [2.45, 2.75) is 13.3 Å². The average molecular weight is 332 g/mol. The number of amides is 1. The molecule has 5 rings (SSSR count). The molecule has 1 aromatic rings. The van der Waals surface area contributed by atoms with E-state index in [1.807, 2.05) is 13.0 Å². The maximum atomic E-state index is 12.8. The van der Waals surface area contributed by atoms with E-state index in [4.69, 9.17) is 11.6 Å². The Morgan fingerprint density at radius 2 is 1.83 bits per heavy atom. The van der Waals surface area contributed by atoms with Crippen LogP contribution in [0, 0.1) is 42.4 Å². The molecule has 0 saturated heterocycles. The molecule has 0 spiro atoms. The van der Waals surface area contributed by atoms with Crippen molar-refractivity contribution in [1.29, 1.82) is 0 Å². The highest BCUT2D eigenvalue weighted by molar-refractivity contribution is 6.31. The van der Waals surface area contributed by atoms with Crippen LogP contribution in [0.5, 0.6) is 0 Å². The zero-order valence-corrected chi connectivity index (χ0v) is 13.5. The number of carbonyl (C=O) groups is 2. The van der Waals surface area contributed by atoms with Gasteiger partial charge >= 0.3 is 5.97 Å². The molecular formula is C18H18ClNO3. The van der Waals surface area contributed by atoms with Crippen molar-refractivity contribution >= 4 is 29.2 Å². The van der Waals surface area contributed by atoms with E-state index >= 15 is 0 Å². The van der Waals surface area contributed by atoms with Gasteiger partial charge in [0.2, 0.25) is 5.91 Å². The minimum absolute atomic E-state index is 0.00120. The van der Waals surface area contributed by atoms with Gasteiger partial charge in [0.1, 0.15) is 0 Å². The van der Waals surface area contributed by atoms with Crippen LogP contribution in [-0.4, -0.2) is 17.0 Å². The number of fused-ring (bicyclic) bond motifs is 1. The molecule has 6 atom stereocenters. The standard InChI is InChI=1S/C18H18ClNO3/c1-8-13(19)3-2-4-14(8)20-17(21)15-9-5-6-10(12-7-11(9)12)16(15)18(22)23/h2-6,9-12,15-16H,7H2,1H3,(H,20,21)(H,22,23)/t9-,10-,11+,12-,15+,16+/m0/s1. The van der Waals surface area contributed by atoms with Crippen molar-refractivity contribution in [1.82, 2.24) is 0 Å². The zero-order valence-electron chi connectivity index (χ0n) is 12.7. The summed E-state index contributed by atoms with van der Waals surface area (Å²) in [7, 11) is 0. The molecule has 2 saturated carbocycles. The van der Waals surface area contributed by atoms with Crippen LogP contribution < -0.4 is 5.32 Å². The maximum absolute atomic E-state index is 12.8. The lowest BCUT2D eigenvalue weighted by atomic mass is 9.62. The maximum Gasteiger partial charge on any atom is 0.307 e. The predicted octanol–water partition coefficient (Wildman–Crippen LogP) is 3.36. The first-order valence-corrected chi connectivity index (χ1v) is 8.34. The summed E-state index contributed by atoms with van der Waals surface area (Å²) in [5.41, 5.74) is 1.46. The highest BCUT2D eigenvalue weighted by Crippen LogP contribution is 2.63. The third-order valence-electron chi connectivity index (χ3n) is 5.77. The van der Waals surface area contributed by atoms with E-state index in [9.17, 15) is 14.7 Å². The van der Waals surface area contributed by atoms with Crippen LogP contribution in [-0.2, 0) is 9.59 Å². The van der Waals surface area contributed by atoms with Crippen LogP contribution in [0.3, 0.4) is 0 Å². The number of carboxylic acids is 1. The number of allylic oxidation sites excluding steroid dienone is 2. The molecular weight excluding hydrogens is 314 g/mol. The van der Waals surface area contributed by atoms with Crippen LogP contribution in [0.15, 0.2) is 30.4 Å². The van der Waals surface area contributed by atoms with E-state index in [-0.39, 0.29) is 17.7 Å². The molecule has 4 nitrogen and oxygen atoms in total. The number of carboxylic acid groups (broad SMARTS) is 1. The van der Waals surface area contributed by atoms with Crippen molar-refractivity contribution in [2.24, 2.45) is 35.5 Å². The Bertz CT molecular complexity index is 729. The Hall–Kier alpha value is -1.81. The summed E-state index contributed by atoms with van der Waals surface area (Å²) in [6.07, 6.45) is 5.13. The Balaban J connectivity index is 1.63. The van der Waals surface area contributed by atoms with Gasteiger partial charge in [-0.3, -0.25) is 9.59 Å². The second-order valence-electron chi connectivity index (χ2n) is 6.89. The largest absolute Gasteiger partial charge is 0.481 e. The number of rotatable bonds is 3. The lowest BCUT2D eigenvalue weighted by molar-refractivity contribution is -0.152. The number of aliphatic carboxylic acids is 1. The Kier molecular flexibility index (Phi) is 3.27. The van der Waals surface area contributed by atoms with E-state index in [1.165, 1.54) is 0 Å². The first-order chi connectivity index (χ1) is 11.0. The number of anilines is 1. The van der Waals surface area contributed by atoms with Gasteiger partial charge in [0.05, 0.1) is 11.8 Å². The molecule has 23 heavy (non-hydrogen) atoms. The third-order valence-corrected chi connectivity index (χ3v) is 6.17. The zero-order chi connectivity index (χ0) is 16.3. The molecule has 0 radical (unpaired) electrons. The van der Waals surface area contributed by atoms with Crippen molar-refractivity contribution in [2.75, 3.05) is 5.32 Å². The van der Waals surface area contributed by atoms with Gasteiger partial charge in [0.15, 0.2) is 0 Å². The Morgan fingerprint density at radius 3 is 2.48 bits per heavy atom. The van der Waals surface area contributed by atoms with E-state index in [1.54, 1.807) is 18.2 Å². The van der Waals surface area contributed by atoms with Gasteiger partial charge < -0.3 is 10.4 Å². The highest BCUT2D eigenvalue weighted by Gasteiger charge is 2.62. The molecule has 2 N–H and O–H groups in total. The molecule has 4 aliphatic rings. The predicted molar refractivity (Wildman–Crippen MR) is 87.2 cm³/mol. The minimum atomic E-state index is -0.863. The number of hydrogen-bond acceptors (Lipinski definition) is 2. The van der Waals surface area contributed by atoms with Crippen molar-refractivity contribution < 1.29 is 14.7 Å². The number of nitrogens with one attached hydrogen (secondary N) is 1. The normalized spacial score (nSPS) is 36.4.